The van der Waals surface area contributed by atoms with Gasteiger partial charge in [0.05, 0.1) is 16.4 Å². The maximum absolute atomic E-state index is 13.4. The fourth-order valence-electron chi connectivity index (χ4n) is 2.55. The molecule has 0 unspecified atom stereocenters. The highest BCUT2D eigenvalue weighted by Gasteiger charge is 2.18. The molecule has 2 aromatic heterocycles. The lowest BCUT2D eigenvalue weighted by Gasteiger charge is -2.10. The van der Waals surface area contributed by atoms with Crippen LogP contribution >= 0.6 is 22.9 Å². The Labute approximate surface area is 151 Å². The summed E-state index contributed by atoms with van der Waals surface area (Å²) in [5.74, 6) is -0.701. The van der Waals surface area contributed by atoms with Crippen LogP contribution in [0.4, 0.5) is 10.1 Å². The fourth-order valence-corrected chi connectivity index (χ4v) is 3.99. The zero-order valence-electron chi connectivity index (χ0n) is 12.7. The van der Waals surface area contributed by atoms with Crippen LogP contribution in [-0.4, -0.2) is 15.7 Å². The van der Waals surface area contributed by atoms with E-state index in [1.165, 1.54) is 12.1 Å². The minimum atomic E-state index is -0.360. The first-order chi connectivity index (χ1) is 12.1. The molecule has 0 saturated carbocycles. The number of carbonyl (C=O) groups is 1. The van der Waals surface area contributed by atoms with Crippen molar-refractivity contribution in [2.45, 2.75) is 0 Å². The van der Waals surface area contributed by atoms with Crippen LogP contribution in [0.2, 0.25) is 5.02 Å². The molecular formula is C18H11ClFN3OS. The lowest BCUT2D eigenvalue weighted by Crippen LogP contribution is -2.13. The third-order valence-electron chi connectivity index (χ3n) is 3.70. The second-order valence-electron chi connectivity index (χ2n) is 5.31. The van der Waals surface area contributed by atoms with Crippen molar-refractivity contribution < 1.29 is 9.18 Å². The van der Waals surface area contributed by atoms with Crippen LogP contribution in [0.25, 0.3) is 15.8 Å². The molecule has 4 aromatic rings. The summed E-state index contributed by atoms with van der Waals surface area (Å²) in [7, 11) is 0. The third kappa shape index (κ3) is 2.90. The molecule has 124 valence electrons. The van der Waals surface area contributed by atoms with Crippen LogP contribution in [0, 0.1) is 5.82 Å². The van der Waals surface area contributed by atoms with Gasteiger partial charge in [0.1, 0.15) is 10.7 Å². The average molecular weight is 372 g/mol. The standard InChI is InChI=1S/C18H11ClFN3OS/c19-16-12-7-6-11(20)10-15(12)25-17(16)18(24)22-13-4-1-2-5-14(13)23-9-3-8-21-23/h1-10H,(H,22,24). The van der Waals surface area contributed by atoms with E-state index in [0.717, 1.165) is 17.0 Å². The number of benzene rings is 2. The number of aromatic nitrogens is 2. The van der Waals surface area contributed by atoms with Gasteiger partial charge >= 0.3 is 0 Å². The third-order valence-corrected chi connectivity index (χ3v) is 5.36. The van der Waals surface area contributed by atoms with E-state index in [1.807, 2.05) is 18.2 Å². The molecule has 0 atom stereocenters. The molecule has 2 aromatic carbocycles. The van der Waals surface area contributed by atoms with E-state index in [-0.39, 0.29) is 11.7 Å². The van der Waals surface area contributed by atoms with E-state index < -0.39 is 0 Å². The zero-order chi connectivity index (χ0) is 17.4. The number of amides is 1. The number of para-hydroxylation sites is 2. The number of halogens is 2. The summed E-state index contributed by atoms with van der Waals surface area (Å²) in [6.07, 6.45) is 3.45. The number of nitrogens with one attached hydrogen (secondary N) is 1. The smallest absolute Gasteiger partial charge is 0.267 e. The van der Waals surface area contributed by atoms with Crippen LogP contribution in [0.1, 0.15) is 9.67 Å². The predicted octanol–water partition coefficient (Wildman–Crippen LogP) is 5.13. The Hall–Kier alpha value is -2.70. The van der Waals surface area contributed by atoms with Gasteiger partial charge in [0.15, 0.2) is 0 Å². The molecule has 0 bridgehead atoms. The highest BCUT2D eigenvalue weighted by Crippen LogP contribution is 2.36. The van der Waals surface area contributed by atoms with Crippen LogP contribution < -0.4 is 5.32 Å². The predicted molar refractivity (Wildman–Crippen MR) is 98.3 cm³/mol. The van der Waals surface area contributed by atoms with Gasteiger partial charge < -0.3 is 5.32 Å². The first-order valence-corrected chi connectivity index (χ1v) is 8.61. The monoisotopic (exact) mass is 371 g/mol. The summed E-state index contributed by atoms with van der Waals surface area (Å²) in [5, 5.41) is 8.05. The van der Waals surface area contributed by atoms with Crippen molar-refractivity contribution in [3.8, 4) is 5.69 Å². The molecule has 0 radical (unpaired) electrons. The van der Waals surface area contributed by atoms with Crippen molar-refractivity contribution in [1.29, 1.82) is 0 Å². The van der Waals surface area contributed by atoms with Gasteiger partial charge in [0.2, 0.25) is 0 Å². The Morgan fingerprint density at radius 2 is 2.04 bits per heavy atom. The number of rotatable bonds is 3. The Balaban J connectivity index is 1.71. The van der Waals surface area contributed by atoms with Crippen LogP contribution in [-0.2, 0) is 0 Å². The molecule has 0 aliphatic heterocycles. The SMILES string of the molecule is O=C(Nc1ccccc1-n1cccn1)c1sc2cc(F)ccc2c1Cl. The van der Waals surface area contributed by atoms with Gasteiger partial charge in [-0.1, -0.05) is 23.7 Å². The van der Waals surface area contributed by atoms with Crippen molar-refractivity contribution in [3.05, 3.63) is 76.6 Å². The minimum Gasteiger partial charge on any atom is -0.319 e. The second-order valence-corrected chi connectivity index (χ2v) is 6.74. The Bertz CT molecular complexity index is 1080. The first kappa shape index (κ1) is 15.8. The maximum Gasteiger partial charge on any atom is 0.267 e. The lowest BCUT2D eigenvalue weighted by molar-refractivity contribution is 0.103. The topological polar surface area (TPSA) is 46.9 Å². The second kappa shape index (κ2) is 6.31. The average Bonchev–Trinajstić information content (AvgIpc) is 3.24. The van der Waals surface area contributed by atoms with E-state index in [9.17, 15) is 9.18 Å². The van der Waals surface area contributed by atoms with Crippen LogP contribution in [0.5, 0.6) is 0 Å². The van der Waals surface area contributed by atoms with Crippen LogP contribution in [0.3, 0.4) is 0 Å². The molecule has 25 heavy (non-hydrogen) atoms. The number of anilines is 1. The molecule has 0 spiro atoms. The molecule has 0 fully saturated rings. The zero-order valence-corrected chi connectivity index (χ0v) is 14.3. The summed E-state index contributed by atoms with van der Waals surface area (Å²) < 4.78 is 15.7. The summed E-state index contributed by atoms with van der Waals surface area (Å²) in [6.45, 7) is 0. The molecule has 0 aliphatic rings. The van der Waals surface area contributed by atoms with Gasteiger partial charge in [0, 0.05) is 22.5 Å². The quantitative estimate of drug-likeness (QED) is 0.542. The number of hydrogen-bond acceptors (Lipinski definition) is 3. The minimum absolute atomic E-state index is 0.328. The van der Waals surface area contributed by atoms with Gasteiger partial charge in [-0.05, 0) is 36.4 Å². The molecule has 2 heterocycles. The number of thiophene rings is 1. The first-order valence-electron chi connectivity index (χ1n) is 7.41. The van der Waals surface area contributed by atoms with Crippen LogP contribution in [0.15, 0.2) is 60.9 Å². The summed E-state index contributed by atoms with van der Waals surface area (Å²) in [6, 6.07) is 13.4. The summed E-state index contributed by atoms with van der Waals surface area (Å²) >= 11 is 7.48. The van der Waals surface area contributed by atoms with Crippen molar-refractivity contribution in [3.63, 3.8) is 0 Å². The highest BCUT2D eigenvalue weighted by molar-refractivity contribution is 7.21. The van der Waals surface area contributed by atoms with Crippen molar-refractivity contribution >= 4 is 44.6 Å². The molecule has 1 amide bonds. The van der Waals surface area contributed by atoms with Crippen molar-refractivity contribution in [2.75, 3.05) is 5.32 Å². The van der Waals surface area contributed by atoms with Crippen molar-refractivity contribution in [1.82, 2.24) is 9.78 Å². The van der Waals surface area contributed by atoms with Gasteiger partial charge in [-0.25, -0.2) is 9.07 Å². The highest BCUT2D eigenvalue weighted by atomic mass is 35.5. The van der Waals surface area contributed by atoms with E-state index >= 15 is 0 Å². The van der Waals surface area contributed by atoms with Crippen molar-refractivity contribution in [2.24, 2.45) is 0 Å². The number of carbonyl (C=O) groups excluding carboxylic acids is 1. The largest absolute Gasteiger partial charge is 0.319 e. The Kier molecular flexibility index (Phi) is 3.99. The molecule has 0 saturated heterocycles. The van der Waals surface area contributed by atoms with Gasteiger partial charge in [-0.15, -0.1) is 11.3 Å². The summed E-state index contributed by atoms with van der Waals surface area (Å²) in [4.78, 5) is 13.0. The summed E-state index contributed by atoms with van der Waals surface area (Å²) in [5.41, 5.74) is 1.35. The molecule has 4 nitrogen and oxygen atoms in total. The van der Waals surface area contributed by atoms with Gasteiger partial charge in [-0.3, -0.25) is 4.79 Å². The number of nitrogens with zero attached hydrogens (tertiary/aromatic N) is 2. The molecule has 0 aliphatic carbocycles. The molecule has 4 rings (SSSR count). The number of fused-ring (bicyclic) bond motifs is 1. The fraction of sp³-hybridized carbons (Fsp3) is 0. The van der Waals surface area contributed by atoms with E-state index in [4.69, 9.17) is 11.6 Å². The molecule has 1 N–H and O–H groups in total. The maximum atomic E-state index is 13.4. The van der Waals surface area contributed by atoms with Gasteiger partial charge in [-0.2, -0.15) is 5.10 Å². The molecule has 7 heteroatoms. The lowest BCUT2D eigenvalue weighted by atomic mass is 10.2. The van der Waals surface area contributed by atoms with E-state index in [2.05, 4.69) is 10.4 Å². The Morgan fingerprint density at radius 1 is 1.20 bits per heavy atom. The van der Waals surface area contributed by atoms with E-state index in [0.29, 0.717) is 25.7 Å². The van der Waals surface area contributed by atoms with Gasteiger partial charge in [0.25, 0.3) is 5.91 Å². The molecular weight excluding hydrogens is 361 g/mol. The normalized spacial score (nSPS) is 11.0. The van der Waals surface area contributed by atoms with E-state index in [1.54, 1.807) is 35.3 Å². The Morgan fingerprint density at radius 3 is 2.84 bits per heavy atom. The number of hydrogen-bond donors (Lipinski definition) is 1.